The lowest BCUT2D eigenvalue weighted by atomic mass is 9.93. The zero-order valence-corrected chi connectivity index (χ0v) is 25.4. The number of carbonyl (C=O) groups excluding carboxylic acids is 4. The molecule has 0 fully saturated rings. The molecular weight excluding hydrogens is 496 g/mol. The highest BCUT2D eigenvalue weighted by molar-refractivity contribution is 5.93. The van der Waals surface area contributed by atoms with E-state index in [1.165, 1.54) is 0 Å². The van der Waals surface area contributed by atoms with Gasteiger partial charge in [-0.15, -0.1) is 0 Å². The first-order valence-corrected chi connectivity index (χ1v) is 13.9. The van der Waals surface area contributed by atoms with Crippen LogP contribution in [0.1, 0.15) is 110 Å². The predicted octanol–water partition coefficient (Wildman–Crippen LogP) is 4.83. The number of alkyl carbamates (subject to hydrolysis) is 1. The number of aryl methyl sites for hydroxylation is 1. The number of benzene rings is 1. The highest BCUT2D eigenvalue weighted by Crippen LogP contribution is 2.29. The molecule has 0 spiro atoms. The van der Waals surface area contributed by atoms with Crippen molar-refractivity contribution in [2.75, 3.05) is 6.54 Å². The molecule has 1 aromatic rings. The summed E-state index contributed by atoms with van der Waals surface area (Å²) in [6.07, 6.45) is 2.66. The second-order valence-electron chi connectivity index (χ2n) is 12.2. The van der Waals surface area contributed by atoms with Gasteiger partial charge in [-0.3, -0.25) is 14.4 Å². The van der Waals surface area contributed by atoms with Gasteiger partial charge in [-0.1, -0.05) is 44.4 Å². The average molecular weight is 547 g/mol. The third kappa shape index (κ3) is 12.1. The molecule has 1 aromatic carbocycles. The van der Waals surface area contributed by atoms with Crippen molar-refractivity contribution in [2.45, 2.75) is 124 Å². The maximum atomic E-state index is 14.2. The van der Waals surface area contributed by atoms with Crippen molar-refractivity contribution in [1.82, 2.24) is 15.5 Å². The number of ether oxygens (including phenoxy) is 1. The number of amides is 4. The molecule has 0 aliphatic carbocycles. The summed E-state index contributed by atoms with van der Waals surface area (Å²) in [5.74, 6) is -1.37. The Bertz CT molecular complexity index is 994. The van der Waals surface area contributed by atoms with E-state index in [4.69, 9.17) is 10.5 Å². The Kier molecular flexibility index (Phi) is 13.0. The van der Waals surface area contributed by atoms with E-state index in [9.17, 15) is 19.2 Å². The second-order valence-corrected chi connectivity index (χ2v) is 12.2. The molecule has 0 bridgehead atoms. The maximum Gasteiger partial charge on any atom is 0.408 e. The minimum Gasteiger partial charge on any atom is -0.444 e. The summed E-state index contributed by atoms with van der Waals surface area (Å²) in [6.45, 7) is 17.1. The van der Waals surface area contributed by atoms with Crippen molar-refractivity contribution in [2.24, 2.45) is 5.73 Å². The lowest BCUT2D eigenvalue weighted by molar-refractivity contribution is -0.143. The standard InChI is InChI=1S/C30H50N4O5/c1-10-11-12-13-19-34(27(37)23(17-18-24(31)35)32-28(38)39-30(7,8)9)25(26(36)33-29(4,5)6)22-16-14-15-20(2)21(22)3/h14-16,23,25H,10-13,17-19H2,1-9H3,(H2,31,35)(H,32,38)(H,33,36). The first kappa shape index (κ1) is 33.9. The summed E-state index contributed by atoms with van der Waals surface area (Å²) in [4.78, 5) is 54.0. The monoisotopic (exact) mass is 546 g/mol. The molecule has 0 aliphatic heterocycles. The molecule has 0 heterocycles. The van der Waals surface area contributed by atoms with Crippen molar-refractivity contribution < 1.29 is 23.9 Å². The van der Waals surface area contributed by atoms with E-state index in [0.717, 1.165) is 30.4 Å². The number of primary amides is 1. The number of carbonyl (C=O) groups is 4. The SMILES string of the molecule is CCCCCCN(C(=O)C(CCC(N)=O)NC(=O)OC(C)(C)C)C(C(=O)NC(C)(C)C)c1cccc(C)c1C. The van der Waals surface area contributed by atoms with Crippen LogP contribution >= 0.6 is 0 Å². The van der Waals surface area contributed by atoms with E-state index < -0.39 is 41.1 Å². The van der Waals surface area contributed by atoms with Gasteiger partial charge in [0.05, 0.1) is 0 Å². The normalized spacial score (nSPS) is 13.3. The summed E-state index contributed by atoms with van der Waals surface area (Å²) in [6, 6.07) is 3.66. The molecule has 9 nitrogen and oxygen atoms in total. The minimum atomic E-state index is -1.10. The summed E-state index contributed by atoms with van der Waals surface area (Å²) >= 11 is 0. The summed E-state index contributed by atoms with van der Waals surface area (Å²) < 4.78 is 5.40. The third-order valence-corrected chi connectivity index (χ3v) is 6.20. The van der Waals surface area contributed by atoms with E-state index in [-0.39, 0.29) is 18.7 Å². The summed E-state index contributed by atoms with van der Waals surface area (Å²) in [5.41, 5.74) is 6.70. The molecule has 4 amide bonds. The molecule has 0 saturated heterocycles. The molecule has 4 N–H and O–H groups in total. The van der Waals surface area contributed by atoms with Crippen molar-refractivity contribution in [1.29, 1.82) is 0 Å². The number of hydrogen-bond donors (Lipinski definition) is 3. The van der Waals surface area contributed by atoms with Crippen molar-refractivity contribution in [3.05, 3.63) is 34.9 Å². The van der Waals surface area contributed by atoms with Gasteiger partial charge >= 0.3 is 6.09 Å². The van der Waals surface area contributed by atoms with Crippen LogP contribution < -0.4 is 16.4 Å². The third-order valence-electron chi connectivity index (χ3n) is 6.20. The lowest BCUT2D eigenvalue weighted by Crippen LogP contribution is -2.55. The average Bonchev–Trinajstić information content (AvgIpc) is 2.78. The number of nitrogens with zero attached hydrogens (tertiary/aromatic N) is 1. The Labute approximate surface area is 234 Å². The molecule has 0 aromatic heterocycles. The van der Waals surface area contributed by atoms with Crippen LogP contribution in [0.25, 0.3) is 0 Å². The van der Waals surface area contributed by atoms with Crippen LogP contribution in [-0.4, -0.2) is 52.4 Å². The Balaban J connectivity index is 3.62. The summed E-state index contributed by atoms with van der Waals surface area (Å²) in [5, 5.41) is 5.68. The van der Waals surface area contributed by atoms with Gasteiger partial charge in [0.15, 0.2) is 0 Å². The molecule has 39 heavy (non-hydrogen) atoms. The molecule has 0 aliphatic rings. The van der Waals surface area contributed by atoms with Gasteiger partial charge in [-0.05, 0) is 84.9 Å². The van der Waals surface area contributed by atoms with E-state index in [2.05, 4.69) is 17.6 Å². The fourth-order valence-corrected chi connectivity index (χ4v) is 4.23. The number of unbranched alkanes of at least 4 members (excludes halogenated alkanes) is 3. The molecule has 220 valence electrons. The maximum absolute atomic E-state index is 14.2. The molecule has 2 atom stereocenters. The van der Waals surface area contributed by atoms with Gasteiger partial charge in [-0.25, -0.2) is 4.79 Å². The van der Waals surface area contributed by atoms with Crippen LogP contribution in [0.2, 0.25) is 0 Å². The van der Waals surface area contributed by atoms with Crippen molar-refractivity contribution >= 4 is 23.8 Å². The smallest absolute Gasteiger partial charge is 0.408 e. The summed E-state index contributed by atoms with van der Waals surface area (Å²) in [7, 11) is 0. The number of hydrogen-bond acceptors (Lipinski definition) is 5. The largest absolute Gasteiger partial charge is 0.444 e. The van der Waals surface area contributed by atoms with Crippen molar-refractivity contribution in [3.8, 4) is 0 Å². The van der Waals surface area contributed by atoms with E-state index >= 15 is 0 Å². The lowest BCUT2D eigenvalue weighted by Gasteiger charge is -2.37. The van der Waals surface area contributed by atoms with Crippen LogP contribution in [0, 0.1) is 13.8 Å². The van der Waals surface area contributed by atoms with Crippen LogP contribution in [-0.2, 0) is 19.1 Å². The Morgan fingerprint density at radius 1 is 1.00 bits per heavy atom. The first-order valence-electron chi connectivity index (χ1n) is 13.9. The minimum absolute atomic E-state index is 0.0146. The van der Waals surface area contributed by atoms with Gasteiger partial charge in [-0.2, -0.15) is 0 Å². The van der Waals surface area contributed by atoms with Gasteiger partial charge in [0, 0.05) is 18.5 Å². The second kappa shape index (κ2) is 14.9. The van der Waals surface area contributed by atoms with Crippen LogP contribution in [0.4, 0.5) is 4.79 Å². The number of rotatable bonds is 13. The molecule has 2 unspecified atom stereocenters. The van der Waals surface area contributed by atoms with Crippen LogP contribution in [0.5, 0.6) is 0 Å². The van der Waals surface area contributed by atoms with Crippen molar-refractivity contribution in [3.63, 3.8) is 0 Å². The topological polar surface area (TPSA) is 131 Å². The molecule has 1 rings (SSSR count). The Morgan fingerprint density at radius 3 is 2.18 bits per heavy atom. The molecule has 0 saturated carbocycles. The molecule has 9 heteroatoms. The van der Waals surface area contributed by atoms with Crippen LogP contribution in [0.15, 0.2) is 18.2 Å². The first-order chi connectivity index (χ1) is 18.0. The quantitative estimate of drug-likeness (QED) is 0.305. The van der Waals surface area contributed by atoms with E-state index in [1.807, 2.05) is 52.8 Å². The molecule has 0 radical (unpaired) electrons. The zero-order valence-electron chi connectivity index (χ0n) is 25.4. The number of nitrogens with one attached hydrogen (secondary N) is 2. The van der Waals surface area contributed by atoms with Gasteiger partial charge in [0.25, 0.3) is 0 Å². The van der Waals surface area contributed by atoms with E-state index in [0.29, 0.717) is 18.5 Å². The fourth-order valence-electron chi connectivity index (χ4n) is 4.23. The zero-order chi connectivity index (χ0) is 30.0. The molecular formula is C30H50N4O5. The van der Waals surface area contributed by atoms with Gasteiger partial charge in [0.2, 0.25) is 17.7 Å². The highest BCUT2D eigenvalue weighted by atomic mass is 16.6. The predicted molar refractivity (Wildman–Crippen MR) is 154 cm³/mol. The number of nitrogens with two attached hydrogens (primary N) is 1. The van der Waals surface area contributed by atoms with Gasteiger partial charge < -0.3 is 26.0 Å². The Hall–Kier alpha value is -3.10. The highest BCUT2D eigenvalue weighted by Gasteiger charge is 2.37. The van der Waals surface area contributed by atoms with E-state index in [1.54, 1.807) is 25.7 Å². The van der Waals surface area contributed by atoms with Crippen LogP contribution in [0.3, 0.4) is 0 Å². The Morgan fingerprint density at radius 2 is 1.64 bits per heavy atom. The van der Waals surface area contributed by atoms with Gasteiger partial charge in [0.1, 0.15) is 17.7 Å². The fraction of sp³-hybridized carbons (Fsp3) is 0.667.